The van der Waals surface area contributed by atoms with E-state index in [4.69, 9.17) is 14.2 Å². The highest BCUT2D eigenvalue weighted by atomic mass is 16.5. The Hall–Kier alpha value is -2.24. The zero-order valence-electron chi connectivity index (χ0n) is 14.3. The highest BCUT2D eigenvalue weighted by molar-refractivity contribution is 5.95. The topological polar surface area (TPSA) is 73.9 Å². The van der Waals surface area contributed by atoms with Gasteiger partial charge in [-0.2, -0.15) is 0 Å². The van der Waals surface area contributed by atoms with Gasteiger partial charge in [-0.3, -0.25) is 9.59 Å². The van der Waals surface area contributed by atoms with Crippen LogP contribution in [-0.2, 0) is 14.3 Å². The number of nitrogens with one attached hydrogen (secondary N) is 1. The molecule has 1 N–H and O–H groups in total. The molecule has 1 aromatic rings. The zero-order valence-corrected chi connectivity index (χ0v) is 14.3. The van der Waals surface area contributed by atoms with Crippen molar-refractivity contribution in [2.45, 2.75) is 39.7 Å². The summed E-state index contributed by atoms with van der Waals surface area (Å²) in [7, 11) is 3.05. The van der Waals surface area contributed by atoms with Gasteiger partial charge in [-0.15, -0.1) is 0 Å². The van der Waals surface area contributed by atoms with Crippen molar-refractivity contribution in [3.05, 3.63) is 18.2 Å². The van der Waals surface area contributed by atoms with Gasteiger partial charge in [0.1, 0.15) is 0 Å². The number of anilines is 1. The molecule has 0 aliphatic heterocycles. The van der Waals surface area contributed by atoms with E-state index in [-0.39, 0.29) is 5.97 Å². The molecular weight excluding hydrogens is 298 g/mol. The molecule has 1 atom stereocenters. The standard InChI is InChI=1S/C17H25NO5/c1-11(2)6-9-16(19)23-12(3)17(20)18-13-7-8-14(21-4)15(10-13)22-5/h7-8,10-12H,6,9H2,1-5H3,(H,18,20)/t12-/m0/s1. The van der Waals surface area contributed by atoms with Gasteiger partial charge < -0.3 is 19.5 Å². The number of esters is 1. The molecule has 0 spiro atoms. The molecule has 0 aliphatic rings. The first-order valence-corrected chi connectivity index (χ1v) is 7.59. The van der Waals surface area contributed by atoms with Crippen LogP contribution in [0.5, 0.6) is 11.5 Å². The molecule has 1 aromatic carbocycles. The molecule has 0 unspecified atom stereocenters. The first kappa shape index (κ1) is 18.8. The van der Waals surface area contributed by atoms with Crippen molar-refractivity contribution in [3.8, 4) is 11.5 Å². The number of carbonyl (C=O) groups excluding carboxylic acids is 2. The number of methoxy groups -OCH3 is 2. The Bertz CT molecular complexity index is 542. The third kappa shape index (κ3) is 6.18. The van der Waals surface area contributed by atoms with E-state index >= 15 is 0 Å². The second kappa shape index (κ2) is 9.02. The van der Waals surface area contributed by atoms with Gasteiger partial charge >= 0.3 is 5.97 Å². The van der Waals surface area contributed by atoms with E-state index in [2.05, 4.69) is 5.32 Å². The van der Waals surface area contributed by atoms with Gasteiger partial charge in [0.25, 0.3) is 5.91 Å². The molecule has 0 heterocycles. The van der Waals surface area contributed by atoms with Crippen LogP contribution < -0.4 is 14.8 Å². The van der Waals surface area contributed by atoms with Crippen molar-refractivity contribution in [2.75, 3.05) is 19.5 Å². The van der Waals surface area contributed by atoms with E-state index in [1.807, 2.05) is 13.8 Å². The normalized spacial score (nSPS) is 11.7. The van der Waals surface area contributed by atoms with E-state index in [0.717, 1.165) is 6.42 Å². The quantitative estimate of drug-likeness (QED) is 0.744. The first-order valence-electron chi connectivity index (χ1n) is 7.59. The van der Waals surface area contributed by atoms with Gasteiger partial charge in [0.15, 0.2) is 17.6 Å². The highest BCUT2D eigenvalue weighted by Gasteiger charge is 2.18. The molecule has 0 saturated heterocycles. The van der Waals surface area contributed by atoms with Crippen LogP contribution in [0.3, 0.4) is 0 Å². The predicted octanol–water partition coefficient (Wildman–Crippen LogP) is 3.01. The average molecular weight is 323 g/mol. The number of rotatable bonds is 8. The minimum Gasteiger partial charge on any atom is -0.493 e. The SMILES string of the molecule is COc1ccc(NC(=O)[C@H](C)OC(=O)CCC(C)C)cc1OC. The molecule has 1 amide bonds. The van der Waals surface area contributed by atoms with Gasteiger partial charge in [-0.05, 0) is 31.4 Å². The lowest BCUT2D eigenvalue weighted by Gasteiger charge is -2.15. The van der Waals surface area contributed by atoms with Crippen LogP contribution in [0.2, 0.25) is 0 Å². The van der Waals surface area contributed by atoms with Crippen LogP contribution in [0.25, 0.3) is 0 Å². The average Bonchev–Trinajstić information content (AvgIpc) is 2.52. The molecule has 0 bridgehead atoms. The molecule has 0 saturated carbocycles. The summed E-state index contributed by atoms with van der Waals surface area (Å²) in [5.41, 5.74) is 0.540. The fraction of sp³-hybridized carbons (Fsp3) is 0.529. The summed E-state index contributed by atoms with van der Waals surface area (Å²) >= 11 is 0. The number of ether oxygens (including phenoxy) is 3. The first-order chi connectivity index (χ1) is 10.9. The maximum Gasteiger partial charge on any atom is 0.306 e. The Morgan fingerprint density at radius 1 is 1.09 bits per heavy atom. The minimum atomic E-state index is -0.859. The Labute approximate surface area is 137 Å². The second-order valence-corrected chi connectivity index (χ2v) is 5.62. The van der Waals surface area contributed by atoms with Crippen LogP contribution in [0.4, 0.5) is 5.69 Å². The summed E-state index contributed by atoms with van der Waals surface area (Å²) in [5.74, 6) is 0.729. The summed E-state index contributed by atoms with van der Waals surface area (Å²) < 4.78 is 15.4. The molecule has 6 nitrogen and oxygen atoms in total. The van der Waals surface area contributed by atoms with Crippen molar-refractivity contribution >= 4 is 17.6 Å². The van der Waals surface area contributed by atoms with E-state index in [0.29, 0.717) is 29.5 Å². The minimum absolute atomic E-state index is 0.311. The second-order valence-electron chi connectivity index (χ2n) is 5.62. The van der Waals surface area contributed by atoms with Gasteiger partial charge in [0, 0.05) is 18.2 Å². The Morgan fingerprint density at radius 2 is 1.74 bits per heavy atom. The maximum absolute atomic E-state index is 12.1. The molecule has 0 fully saturated rings. The number of hydrogen-bond acceptors (Lipinski definition) is 5. The van der Waals surface area contributed by atoms with Crippen molar-refractivity contribution < 1.29 is 23.8 Å². The van der Waals surface area contributed by atoms with Crippen molar-refractivity contribution in [3.63, 3.8) is 0 Å². The number of carbonyl (C=O) groups is 2. The molecule has 6 heteroatoms. The number of hydrogen-bond donors (Lipinski definition) is 1. The summed E-state index contributed by atoms with van der Waals surface area (Å²) in [5, 5.41) is 2.69. The summed E-state index contributed by atoms with van der Waals surface area (Å²) in [6, 6.07) is 5.02. The molecule has 0 aromatic heterocycles. The highest BCUT2D eigenvalue weighted by Crippen LogP contribution is 2.29. The van der Waals surface area contributed by atoms with E-state index in [9.17, 15) is 9.59 Å². The zero-order chi connectivity index (χ0) is 17.4. The smallest absolute Gasteiger partial charge is 0.306 e. The monoisotopic (exact) mass is 323 g/mol. The lowest BCUT2D eigenvalue weighted by Crippen LogP contribution is -2.30. The largest absolute Gasteiger partial charge is 0.493 e. The van der Waals surface area contributed by atoms with Crippen molar-refractivity contribution in [1.82, 2.24) is 0 Å². The van der Waals surface area contributed by atoms with Crippen LogP contribution in [0, 0.1) is 5.92 Å². The molecule has 1 rings (SSSR count). The number of benzene rings is 1. The van der Waals surface area contributed by atoms with Gasteiger partial charge in [0.2, 0.25) is 0 Å². The molecule has 0 radical (unpaired) electrons. The maximum atomic E-state index is 12.1. The van der Waals surface area contributed by atoms with Crippen LogP contribution in [0.15, 0.2) is 18.2 Å². The molecule has 0 aliphatic carbocycles. The fourth-order valence-corrected chi connectivity index (χ4v) is 1.87. The predicted molar refractivity (Wildman–Crippen MR) is 87.8 cm³/mol. The van der Waals surface area contributed by atoms with Crippen LogP contribution in [0.1, 0.15) is 33.6 Å². The Morgan fingerprint density at radius 3 is 2.30 bits per heavy atom. The lowest BCUT2D eigenvalue weighted by molar-refractivity contribution is -0.153. The summed E-state index contributed by atoms with van der Waals surface area (Å²) in [6.45, 7) is 5.60. The third-order valence-corrected chi connectivity index (χ3v) is 3.25. The van der Waals surface area contributed by atoms with Crippen LogP contribution >= 0.6 is 0 Å². The Balaban J connectivity index is 2.59. The van der Waals surface area contributed by atoms with Gasteiger partial charge in [-0.1, -0.05) is 13.8 Å². The van der Waals surface area contributed by atoms with Crippen molar-refractivity contribution in [1.29, 1.82) is 0 Å². The van der Waals surface area contributed by atoms with Crippen molar-refractivity contribution in [2.24, 2.45) is 5.92 Å². The van der Waals surface area contributed by atoms with Gasteiger partial charge in [-0.25, -0.2) is 0 Å². The fourth-order valence-electron chi connectivity index (χ4n) is 1.87. The van der Waals surface area contributed by atoms with E-state index in [1.54, 1.807) is 25.1 Å². The Kier molecular flexibility index (Phi) is 7.38. The molecule has 128 valence electrons. The number of amides is 1. The van der Waals surface area contributed by atoms with E-state index < -0.39 is 12.0 Å². The molecular formula is C17H25NO5. The van der Waals surface area contributed by atoms with Crippen LogP contribution in [-0.4, -0.2) is 32.2 Å². The van der Waals surface area contributed by atoms with E-state index in [1.165, 1.54) is 14.2 Å². The van der Waals surface area contributed by atoms with Gasteiger partial charge in [0.05, 0.1) is 14.2 Å². The molecule has 23 heavy (non-hydrogen) atoms. The summed E-state index contributed by atoms with van der Waals surface area (Å²) in [4.78, 5) is 23.7. The summed E-state index contributed by atoms with van der Waals surface area (Å²) in [6.07, 6.45) is 0.192. The third-order valence-electron chi connectivity index (χ3n) is 3.25. The lowest BCUT2D eigenvalue weighted by atomic mass is 10.1.